The molecule has 1 aliphatic rings. The minimum atomic E-state index is -0.117. The normalized spacial score (nSPS) is 20.5. The van der Waals surface area contributed by atoms with Crippen molar-refractivity contribution in [3.8, 4) is 0 Å². The Morgan fingerprint density at radius 3 is 2.82 bits per heavy atom. The summed E-state index contributed by atoms with van der Waals surface area (Å²) >= 11 is 1.73. The summed E-state index contributed by atoms with van der Waals surface area (Å²) < 4.78 is 10.8. The summed E-state index contributed by atoms with van der Waals surface area (Å²) in [5.74, 6) is 1.21. The topological polar surface area (TPSA) is 64.3 Å². The van der Waals surface area contributed by atoms with Crippen molar-refractivity contribution in [3.05, 3.63) is 27.8 Å². The van der Waals surface area contributed by atoms with Gasteiger partial charge in [-0.05, 0) is 0 Å². The Balaban J connectivity index is 1.64. The van der Waals surface area contributed by atoms with Gasteiger partial charge in [0, 0.05) is 30.8 Å². The van der Waals surface area contributed by atoms with Crippen molar-refractivity contribution in [1.82, 2.24) is 20.0 Å². The molecule has 120 valence electrons. The van der Waals surface area contributed by atoms with Crippen molar-refractivity contribution in [1.29, 1.82) is 0 Å². The minimum absolute atomic E-state index is 0.102. The van der Waals surface area contributed by atoms with Gasteiger partial charge in [0.1, 0.15) is 11.1 Å². The number of aromatic nitrogens is 3. The van der Waals surface area contributed by atoms with Crippen LogP contribution in [0.4, 0.5) is 0 Å². The summed E-state index contributed by atoms with van der Waals surface area (Å²) in [6, 6.07) is 0. The lowest BCUT2D eigenvalue weighted by Crippen LogP contribution is -2.38. The molecule has 0 amide bonds. The highest BCUT2D eigenvalue weighted by atomic mass is 32.1. The van der Waals surface area contributed by atoms with Gasteiger partial charge < -0.3 is 9.26 Å². The number of rotatable bonds is 3. The zero-order valence-corrected chi connectivity index (χ0v) is 14.3. The van der Waals surface area contributed by atoms with E-state index in [1.54, 1.807) is 18.3 Å². The highest BCUT2D eigenvalue weighted by Crippen LogP contribution is 2.26. The van der Waals surface area contributed by atoms with Gasteiger partial charge in [0.25, 0.3) is 0 Å². The van der Waals surface area contributed by atoms with E-state index in [1.807, 2.05) is 0 Å². The molecule has 1 saturated heterocycles. The fourth-order valence-corrected chi connectivity index (χ4v) is 3.43. The summed E-state index contributed by atoms with van der Waals surface area (Å²) in [7, 11) is 0. The molecule has 1 fully saturated rings. The molecule has 7 heteroatoms. The quantitative estimate of drug-likeness (QED) is 0.866. The first-order valence-corrected chi connectivity index (χ1v) is 8.39. The van der Waals surface area contributed by atoms with Crippen LogP contribution in [-0.2, 0) is 16.7 Å². The van der Waals surface area contributed by atoms with Crippen LogP contribution in [-0.4, -0.2) is 39.7 Å². The molecule has 0 aliphatic carbocycles. The number of morpholine rings is 1. The third-order valence-corrected chi connectivity index (χ3v) is 4.49. The summed E-state index contributed by atoms with van der Waals surface area (Å²) in [5.41, 5.74) is 1.26. The lowest BCUT2D eigenvalue weighted by molar-refractivity contribution is -0.0380. The zero-order chi connectivity index (χ0) is 15.7. The van der Waals surface area contributed by atoms with Gasteiger partial charge in [-0.1, -0.05) is 25.9 Å². The molecule has 0 aromatic carbocycles. The van der Waals surface area contributed by atoms with Crippen molar-refractivity contribution in [2.75, 3.05) is 19.7 Å². The Morgan fingerprint density at radius 2 is 2.18 bits per heavy atom. The lowest BCUT2D eigenvalue weighted by Gasteiger charge is -2.30. The van der Waals surface area contributed by atoms with Gasteiger partial charge in [-0.25, -0.2) is 4.98 Å². The average molecular weight is 322 g/mol. The second kappa shape index (κ2) is 6.06. The van der Waals surface area contributed by atoms with E-state index in [2.05, 4.69) is 41.2 Å². The van der Waals surface area contributed by atoms with Gasteiger partial charge in [-0.15, -0.1) is 11.3 Å². The van der Waals surface area contributed by atoms with E-state index in [4.69, 9.17) is 14.2 Å². The second-order valence-electron chi connectivity index (χ2n) is 6.64. The van der Waals surface area contributed by atoms with Crippen LogP contribution in [0.5, 0.6) is 0 Å². The zero-order valence-electron chi connectivity index (χ0n) is 13.5. The van der Waals surface area contributed by atoms with Gasteiger partial charge in [0.15, 0.2) is 0 Å². The van der Waals surface area contributed by atoms with Gasteiger partial charge in [0.2, 0.25) is 11.7 Å². The summed E-state index contributed by atoms with van der Waals surface area (Å²) in [6.07, 6.45) is -0.117. The predicted molar refractivity (Wildman–Crippen MR) is 83.8 cm³/mol. The molecule has 1 aliphatic heterocycles. The van der Waals surface area contributed by atoms with Crippen LogP contribution in [0.25, 0.3) is 0 Å². The number of thiazole rings is 1. The molecule has 2 aromatic rings. The number of hydrogen-bond acceptors (Lipinski definition) is 7. The number of ether oxygens (including phenoxy) is 1. The minimum Gasteiger partial charge on any atom is -0.367 e. The molecule has 2 aromatic heterocycles. The molecule has 0 radical (unpaired) electrons. The molecular weight excluding hydrogens is 300 g/mol. The molecule has 1 unspecified atom stereocenters. The highest BCUT2D eigenvalue weighted by Gasteiger charge is 2.27. The van der Waals surface area contributed by atoms with Crippen LogP contribution in [0.3, 0.4) is 0 Å². The molecule has 6 nitrogen and oxygen atoms in total. The van der Waals surface area contributed by atoms with Crippen molar-refractivity contribution in [2.45, 2.75) is 45.8 Å². The van der Waals surface area contributed by atoms with Crippen molar-refractivity contribution >= 4 is 11.3 Å². The Morgan fingerprint density at radius 1 is 1.36 bits per heavy atom. The van der Waals surface area contributed by atoms with E-state index in [1.165, 1.54) is 0 Å². The first-order chi connectivity index (χ1) is 10.4. The highest BCUT2D eigenvalue weighted by molar-refractivity contribution is 7.09. The van der Waals surface area contributed by atoms with Crippen LogP contribution < -0.4 is 0 Å². The van der Waals surface area contributed by atoms with Crippen LogP contribution in [0.15, 0.2) is 9.90 Å². The summed E-state index contributed by atoms with van der Waals surface area (Å²) in [6.45, 7) is 11.6. The third kappa shape index (κ3) is 3.53. The largest absolute Gasteiger partial charge is 0.367 e. The number of nitrogens with zero attached hydrogens (tertiary/aromatic N) is 4. The van der Waals surface area contributed by atoms with E-state index in [0.29, 0.717) is 18.3 Å². The van der Waals surface area contributed by atoms with Gasteiger partial charge in [-0.3, -0.25) is 4.90 Å². The Bertz CT molecular complexity index is 632. The molecule has 0 saturated carbocycles. The average Bonchev–Trinajstić information content (AvgIpc) is 3.08. The maximum atomic E-state index is 5.76. The maximum absolute atomic E-state index is 5.76. The molecule has 1 atom stereocenters. The Kier molecular flexibility index (Phi) is 4.29. The monoisotopic (exact) mass is 322 g/mol. The van der Waals surface area contributed by atoms with Crippen LogP contribution in [0, 0.1) is 6.92 Å². The fourth-order valence-electron chi connectivity index (χ4n) is 2.37. The smallest absolute Gasteiger partial charge is 0.223 e. The van der Waals surface area contributed by atoms with E-state index >= 15 is 0 Å². The van der Waals surface area contributed by atoms with Gasteiger partial charge >= 0.3 is 0 Å². The van der Waals surface area contributed by atoms with Gasteiger partial charge in [0.05, 0.1) is 18.8 Å². The first-order valence-electron chi connectivity index (χ1n) is 7.51. The standard InChI is InChI=1S/C15H22N4O2S/c1-10-16-14(18-21-10)11-7-19(5-6-20-11)8-13-17-12(9-22-13)15(2,3)4/h9,11H,5-8H2,1-4H3. The fraction of sp³-hybridized carbons (Fsp3) is 0.667. The van der Waals surface area contributed by atoms with Crippen molar-refractivity contribution in [2.24, 2.45) is 0 Å². The summed E-state index contributed by atoms with van der Waals surface area (Å²) in [5, 5.41) is 7.28. The summed E-state index contributed by atoms with van der Waals surface area (Å²) in [4.78, 5) is 11.4. The molecule has 3 rings (SSSR count). The van der Waals surface area contributed by atoms with E-state index in [0.717, 1.165) is 30.3 Å². The van der Waals surface area contributed by atoms with Crippen molar-refractivity contribution in [3.63, 3.8) is 0 Å². The SMILES string of the molecule is Cc1nc(C2CN(Cc3nc(C(C)(C)C)cs3)CCO2)no1. The van der Waals surface area contributed by atoms with Crippen LogP contribution in [0.2, 0.25) is 0 Å². The number of aryl methyl sites for hydroxylation is 1. The molecule has 0 spiro atoms. The third-order valence-electron chi connectivity index (χ3n) is 3.66. The van der Waals surface area contributed by atoms with E-state index < -0.39 is 0 Å². The van der Waals surface area contributed by atoms with Crippen LogP contribution >= 0.6 is 11.3 Å². The number of hydrogen-bond donors (Lipinski definition) is 0. The second-order valence-corrected chi connectivity index (χ2v) is 7.59. The first kappa shape index (κ1) is 15.6. The van der Waals surface area contributed by atoms with Gasteiger partial charge in [-0.2, -0.15) is 4.98 Å². The van der Waals surface area contributed by atoms with E-state index in [9.17, 15) is 0 Å². The Hall–Kier alpha value is -1.31. The van der Waals surface area contributed by atoms with Crippen LogP contribution in [0.1, 0.15) is 49.3 Å². The predicted octanol–water partition coefficient (Wildman–Crippen LogP) is 2.71. The molecule has 22 heavy (non-hydrogen) atoms. The molecular formula is C15H22N4O2S. The molecule has 0 N–H and O–H groups in total. The lowest BCUT2D eigenvalue weighted by atomic mass is 9.93. The Labute approximate surface area is 134 Å². The van der Waals surface area contributed by atoms with E-state index in [-0.39, 0.29) is 11.5 Å². The maximum Gasteiger partial charge on any atom is 0.223 e. The van der Waals surface area contributed by atoms with Crippen molar-refractivity contribution < 1.29 is 9.26 Å². The molecule has 3 heterocycles. The molecule has 0 bridgehead atoms.